The molecule has 0 aromatic heterocycles. The molecule has 4 nitrogen and oxygen atoms in total. The third-order valence-corrected chi connectivity index (χ3v) is 2.90. The Balaban J connectivity index is 2.08. The average Bonchev–Trinajstić information content (AvgIpc) is 3.10. The van der Waals surface area contributed by atoms with E-state index in [-0.39, 0.29) is 5.84 Å². The predicted octanol–water partition coefficient (Wildman–Crippen LogP) is 1.34. The van der Waals surface area contributed by atoms with Crippen LogP contribution in [0.2, 0.25) is 0 Å². The van der Waals surface area contributed by atoms with Crippen LogP contribution < -0.4 is 11.1 Å². The Morgan fingerprint density at radius 2 is 2.31 bits per heavy atom. The fourth-order valence-electron chi connectivity index (χ4n) is 1.65. The zero-order valence-corrected chi connectivity index (χ0v) is 9.40. The van der Waals surface area contributed by atoms with Crippen molar-refractivity contribution in [1.29, 1.82) is 0 Å². The van der Waals surface area contributed by atoms with E-state index in [2.05, 4.69) is 10.5 Å². The van der Waals surface area contributed by atoms with Crippen molar-refractivity contribution in [2.75, 3.05) is 0 Å². The summed E-state index contributed by atoms with van der Waals surface area (Å²) in [7, 11) is 0. The lowest BCUT2D eigenvalue weighted by atomic mass is 10.0. The van der Waals surface area contributed by atoms with Crippen molar-refractivity contribution in [2.45, 2.75) is 32.4 Å². The monoisotopic (exact) mass is 219 g/mol. The first-order valence-electron chi connectivity index (χ1n) is 5.51. The normalized spacial score (nSPS) is 16.4. The number of nitrogens with one attached hydrogen (secondary N) is 1. The van der Waals surface area contributed by atoms with Crippen LogP contribution in [0.25, 0.3) is 0 Å². The van der Waals surface area contributed by atoms with E-state index in [4.69, 9.17) is 10.9 Å². The summed E-state index contributed by atoms with van der Waals surface area (Å²) in [5, 5.41) is 15.0. The number of rotatable bonds is 4. The smallest absolute Gasteiger partial charge is 0.170 e. The molecule has 0 unspecified atom stereocenters. The van der Waals surface area contributed by atoms with Crippen LogP contribution in [0.5, 0.6) is 0 Å². The lowest BCUT2D eigenvalue weighted by Crippen LogP contribution is -2.17. The molecule has 1 aromatic carbocycles. The molecule has 86 valence electrons. The van der Waals surface area contributed by atoms with Gasteiger partial charge in [-0.05, 0) is 37.0 Å². The first kappa shape index (κ1) is 11.0. The Labute approximate surface area is 95.1 Å². The van der Waals surface area contributed by atoms with Gasteiger partial charge in [0.25, 0.3) is 0 Å². The van der Waals surface area contributed by atoms with Crippen LogP contribution in [0.3, 0.4) is 0 Å². The molecule has 2 rings (SSSR count). The standard InChI is InChI=1S/C12H17N3O/c1-8-6-9(12(13)15-16)2-3-10(8)7-14-11-4-5-11/h2-3,6,11,14,16H,4-5,7H2,1H3,(H2,13,15). The maximum atomic E-state index is 8.58. The van der Waals surface area contributed by atoms with Gasteiger partial charge < -0.3 is 16.3 Å². The molecular weight excluding hydrogens is 202 g/mol. The van der Waals surface area contributed by atoms with E-state index in [1.54, 1.807) is 0 Å². The second-order valence-electron chi connectivity index (χ2n) is 4.28. The molecule has 0 saturated heterocycles. The van der Waals surface area contributed by atoms with Gasteiger partial charge in [0.05, 0.1) is 0 Å². The lowest BCUT2D eigenvalue weighted by Gasteiger charge is -2.08. The second-order valence-corrected chi connectivity index (χ2v) is 4.28. The van der Waals surface area contributed by atoms with Crippen LogP contribution in [-0.2, 0) is 6.54 Å². The number of nitrogens with zero attached hydrogens (tertiary/aromatic N) is 1. The third-order valence-electron chi connectivity index (χ3n) is 2.90. The Hall–Kier alpha value is -1.55. The second kappa shape index (κ2) is 4.53. The predicted molar refractivity (Wildman–Crippen MR) is 63.6 cm³/mol. The Morgan fingerprint density at radius 3 is 2.88 bits per heavy atom. The molecule has 0 aliphatic heterocycles. The van der Waals surface area contributed by atoms with Gasteiger partial charge in [-0.2, -0.15) is 0 Å². The molecule has 0 spiro atoms. The highest BCUT2D eigenvalue weighted by Gasteiger charge is 2.20. The molecular formula is C12H17N3O. The van der Waals surface area contributed by atoms with Gasteiger partial charge in [0.1, 0.15) is 0 Å². The van der Waals surface area contributed by atoms with Gasteiger partial charge in [0.2, 0.25) is 0 Å². The van der Waals surface area contributed by atoms with E-state index in [0.29, 0.717) is 6.04 Å². The molecule has 1 aliphatic carbocycles. The number of hydrogen-bond acceptors (Lipinski definition) is 3. The highest BCUT2D eigenvalue weighted by Crippen LogP contribution is 2.20. The minimum atomic E-state index is 0.157. The van der Waals surface area contributed by atoms with E-state index >= 15 is 0 Å². The SMILES string of the molecule is Cc1cc(/C(N)=N/O)ccc1CNC1CC1. The van der Waals surface area contributed by atoms with Crippen LogP contribution in [0.4, 0.5) is 0 Å². The van der Waals surface area contributed by atoms with Gasteiger partial charge >= 0.3 is 0 Å². The summed E-state index contributed by atoms with van der Waals surface area (Å²) in [5.74, 6) is 0.157. The van der Waals surface area contributed by atoms with E-state index in [1.807, 2.05) is 25.1 Å². The number of oxime groups is 1. The highest BCUT2D eigenvalue weighted by atomic mass is 16.4. The maximum Gasteiger partial charge on any atom is 0.170 e. The van der Waals surface area contributed by atoms with Crippen molar-refractivity contribution >= 4 is 5.84 Å². The van der Waals surface area contributed by atoms with E-state index in [1.165, 1.54) is 18.4 Å². The molecule has 16 heavy (non-hydrogen) atoms. The van der Waals surface area contributed by atoms with Crippen molar-refractivity contribution in [3.05, 3.63) is 34.9 Å². The first-order valence-corrected chi connectivity index (χ1v) is 5.51. The van der Waals surface area contributed by atoms with Crippen molar-refractivity contribution in [3.63, 3.8) is 0 Å². The zero-order valence-electron chi connectivity index (χ0n) is 9.40. The molecule has 1 aliphatic rings. The Morgan fingerprint density at radius 1 is 1.56 bits per heavy atom. The third kappa shape index (κ3) is 2.52. The minimum Gasteiger partial charge on any atom is -0.409 e. The molecule has 0 heterocycles. The van der Waals surface area contributed by atoms with E-state index < -0.39 is 0 Å². The van der Waals surface area contributed by atoms with E-state index in [9.17, 15) is 0 Å². The van der Waals surface area contributed by atoms with Gasteiger partial charge in [-0.3, -0.25) is 0 Å². The summed E-state index contributed by atoms with van der Waals surface area (Å²) in [6.07, 6.45) is 2.59. The fraction of sp³-hybridized carbons (Fsp3) is 0.417. The number of hydrogen-bond donors (Lipinski definition) is 3. The Kier molecular flexibility index (Phi) is 3.10. The average molecular weight is 219 g/mol. The van der Waals surface area contributed by atoms with Crippen LogP contribution in [0.15, 0.2) is 23.4 Å². The quantitative estimate of drug-likeness (QED) is 0.310. The largest absolute Gasteiger partial charge is 0.409 e. The van der Waals surface area contributed by atoms with Gasteiger partial charge in [0, 0.05) is 18.2 Å². The number of amidine groups is 1. The maximum absolute atomic E-state index is 8.58. The summed E-state index contributed by atoms with van der Waals surface area (Å²) < 4.78 is 0. The van der Waals surface area contributed by atoms with Gasteiger partial charge in [-0.1, -0.05) is 17.3 Å². The van der Waals surface area contributed by atoms with Crippen LogP contribution in [-0.4, -0.2) is 17.1 Å². The van der Waals surface area contributed by atoms with Gasteiger partial charge in [0.15, 0.2) is 5.84 Å². The molecule has 1 saturated carbocycles. The van der Waals surface area contributed by atoms with Crippen molar-refractivity contribution < 1.29 is 5.21 Å². The molecule has 4 heteroatoms. The molecule has 1 aromatic rings. The lowest BCUT2D eigenvalue weighted by molar-refractivity contribution is 0.318. The first-order chi connectivity index (χ1) is 7.70. The summed E-state index contributed by atoms with van der Waals surface area (Å²) in [6.45, 7) is 2.94. The highest BCUT2D eigenvalue weighted by molar-refractivity contribution is 5.97. The van der Waals surface area contributed by atoms with Gasteiger partial charge in [-0.15, -0.1) is 0 Å². The fourth-order valence-corrected chi connectivity index (χ4v) is 1.65. The van der Waals surface area contributed by atoms with Gasteiger partial charge in [-0.25, -0.2) is 0 Å². The van der Waals surface area contributed by atoms with E-state index in [0.717, 1.165) is 17.7 Å². The van der Waals surface area contributed by atoms with Crippen LogP contribution >= 0.6 is 0 Å². The minimum absolute atomic E-state index is 0.157. The summed E-state index contributed by atoms with van der Waals surface area (Å²) >= 11 is 0. The van der Waals surface area contributed by atoms with Crippen LogP contribution in [0, 0.1) is 6.92 Å². The number of nitrogens with two attached hydrogens (primary N) is 1. The Bertz CT molecular complexity index is 411. The summed E-state index contributed by atoms with van der Waals surface area (Å²) in [5.41, 5.74) is 8.72. The van der Waals surface area contributed by atoms with Crippen molar-refractivity contribution in [1.82, 2.24) is 5.32 Å². The summed E-state index contributed by atoms with van der Waals surface area (Å²) in [6, 6.07) is 6.56. The molecule has 0 bridgehead atoms. The molecule has 1 fully saturated rings. The topological polar surface area (TPSA) is 70.6 Å². The van der Waals surface area contributed by atoms with Crippen molar-refractivity contribution in [2.24, 2.45) is 10.9 Å². The van der Waals surface area contributed by atoms with Crippen LogP contribution in [0.1, 0.15) is 29.5 Å². The molecule has 0 radical (unpaired) electrons. The molecule has 4 N–H and O–H groups in total. The molecule has 0 atom stereocenters. The summed E-state index contributed by atoms with van der Waals surface area (Å²) in [4.78, 5) is 0. The number of aryl methyl sites for hydroxylation is 1. The van der Waals surface area contributed by atoms with Crippen molar-refractivity contribution in [3.8, 4) is 0 Å². The number of benzene rings is 1. The molecule has 0 amide bonds. The zero-order chi connectivity index (χ0) is 11.5.